The topological polar surface area (TPSA) is 67.7 Å². The summed E-state index contributed by atoms with van der Waals surface area (Å²) in [5.74, 6) is 0.937. The Balaban J connectivity index is 1.54. The van der Waals surface area contributed by atoms with Gasteiger partial charge in [-0.2, -0.15) is 4.31 Å². The number of sulfonamides is 1. The SMILES string of the molecule is CCn1c(CN(C)Cc2ccc(C(C)(C)C)cc2)nc2cc(S(=O)(=O)N3CCOCC3)ccc21. The number of hydrogen-bond donors (Lipinski definition) is 0. The molecule has 4 rings (SSSR count). The first-order valence-electron chi connectivity index (χ1n) is 11.9. The number of morpholine rings is 1. The monoisotopic (exact) mass is 484 g/mol. The van der Waals surface area contributed by atoms with Crippen LogP contribution in [0.15, 0.2) is 47.4 Å². The molecule has 3 aromatic rings. The van der Waals surface area contributed by atoms with Crippen LogP contribution in [0.3, 0.4) is 0 Å². The largest absolute Gasteiger partial charge is 0.379 e. The molecule has 2 heterocycles. The number of aromatic nitrogens is 2. The fourth-order valence-corrected chi connectivity index (χ4v) is 5.88. The van der Waals surface area contributed by atoms with Crippen molar-refractivity contribution in [1.29, 1.82) is 0 Å². The number of hydrogen-bond acceptors (Lipinski definition) is 5. The maximum absolute atomic E-state index is 13.1. The van der Waals surface area contributed by atoms with Crippen molar-refractivity contribution in [3.05, 3.63) is 59.4 Å². The van der Waals surface area contributed by atoms with E-state index in [-0.39, 0.29) is 5.41 Å². The molecule has 0 amide bonds. The van der Waals surface area contributed by atoms with Crippen molar-refractivity contribution in [3.8, 4) is 0 Å². The van der Waals surface area contributed by atoms with Gasteiger partial charge in [0, 0.05) is 26.2 Å². The molecule has 0 unspecified atom stereocenters. The van der Waals surface area contributed by atoms with Gasteiger partial charge in [-0.1, -0.05) is 45.0 Å². The zero-order chi connectivity index (χ0) is 24.5. The van der Waals surface area contributed by atoms with Crippen molar-refractivity contribution in [2.45, 2.75) is 57.6 Å². The summed E-state index contributed by atoms with van der Waals surface area (Å²) < 4.78 is 35.1. The third kappa shape index (κ3) is 5.20. The molecule has 0 atom stereocenters. The first-order valence-corrected chi connectivity index (χ1v) is 13.4. The first kappa shape index (κ1) is 24.9. The second-order valence-electron chi connectivity index (χ2n) is 10.1. The van der Waals surface area contributed by atoms with E-state index in [9.17, 15) is 8.42 Å². The van der Waals surface area contributed by atoms with E-state index < -0.39 is 10.0 Å². The van der Waals surface area contributed by atoms with Crippen LogP contribution in [-0.2, 0) is 39.8 Å². The molecular weight excluding hydrogens is 448 g/mol. The lowest BCUT2D eigenvalue weighted by Crippen LogP contribution is -2.40. The average Bonchev–Trinajstić information content (AvgIpc) is 3.15. The molecule has 34 heavy (non-hydrogen) atoms. The Morgan fingerprint density at radius 3 is 2.32 bits per heavy atom. The van der Waals surface area contributed by atoms with Crippen LogP contribution < -0.4 is 0 Å². The molecule has 1 aliphatic heterocycles. The number of fused-ring (bicyclic) bond motifs is 1. The summed E-state index contributed by atoms with van der Waals surface area (Å²) in [5.41, 5.74) is 4.41. The van der Waals surface area contributed by atoms with Gasteiger partial charge in [-0.3, -0.25) is 4.90 Å². The zero-order valence-electron chi connectivity index (χ0n) is 20.9. The quantitative estimate of drug-likeness (QED) is 0.507. The number of rotatable bonds is 7. The van der Waals surface area contributed by atoms with Gasteiger partial charge in [0.05, 0.1) is 35.7 Å². The van der Waals surface area contributed by atoms with Crippen LogP contribution in [-0.4, -0.2) is 60.5 Å². The molecule has 1 aliphatic rings. The molecule has 0 saturated carbocycles. The highest BCUT2D eigenvalue weighted by Gasteiger charge is 2.27. The van der Waals surface area contributed by atoms with Gasteiger partial charge in [0.2, 0.25) is 10.0 Å². The second-order valence-corrected chi connectivity index (χ2v) is 12.0. The third-order valence-corrected chi connectivity index (χ3v) is 8.30. The summed E-state index contributed by atoms with van der Waals surface area (Å²) in [6.45, 7) is 12.7. The minimum absolute atomic E-state index is 0.143. The molecule has 1 aromatic heterocycles. The lowest BCUT2D eigenvalue weighted by Gasteiger charge is -2.26. The normalized spacial score (nSPS) is 15.9. The summed E-state index contributed by atoms with van der Waals surface area (Å²) in [7, 11) is -1.46. The molecule has 184 valence electrons. The van der Waals surface area contributed by atoms with Crippen molar-refractivity contribution < 1.29 is 13.2 Å². The van der Waals surface area contributed by atoms with E-state index in [2.05, 4.69) is 68.5 Å². The highest BCUT2D eigenvalue weighted by atomic mass is 32.2. The maximum Gasteiger partial charge on any atom is 0.243 e. The lowest BCUT2D eigenvalue weighted by atomic mass is 9.87. The number of ether oxygens (including phenoxy) is 1. The van der Waals surface area contributed by atoms with Gasteiger partial charge in [0.15, 0.2) is 0 Å². The van der Waals surface area contributed by atoms with Gasteiger partial charge >= 0.3 is 0 Å². The van der Waals surface area contributed by atoms with E-state index in [4.69, 9.17) is 9.72 Å². The number of imidazole rings is 1. The third-order valence-electron chi connectivity index (χ3n) is 6.41. The number of benzene rings is 2. The van der Waals surface area contributed by atoms with Gasteiger partial charge in [-0.25, -0.2) is 13.4 Å². The van der Waals surface area contributed by atoms with Crippen molar-refractivity contribution in [2.24, 2.45) is 0 Å². The van der Waals surface area contributed by atoms with Crippen molar-refractivity contribution in [1.82, 2.24) is 18.8 Å². The minimum Gasteiger partial charge on any atom is -0.379 e. The summed E-state index contributed by atoms with van der Waals surface area (Å²) in [6, 6.07) is 14.1. The molecule has 2 aromatic carbocycles. The van der Waals surface area contributed by atoms with Crippen LogP contribution in [0.4, 0.5) is 0 Å². The Bertz CT molecular complexity index is 1240. The molecule has 8 heteroatoms. The fraction of sp³-hybridized carbons (Fsp3) is 0.500. The molecule has 0 bridgehead atoms. The van der Waals surface area contributed by atoms with E-state index in [1.807, 2.05) is 6.07 Å². The van der Waals surface area contributed by atoms with Crippen molar-refractivity contribution in [2.75, 3.05) is 33.4 Å². The van der Waals surface area contributed by atoms with Crippen molar-refractivity contribution in [3.63, 3.8) is 0 Å². The van der Waals surface area contributed by atoms with E-state index in [0.29, 0.717) is 43.3 Å². The molecule has 0 N–H and O–H groups in total. The highest BCUT2D eigenvalue weighted by Crippen LogP contribution is 2.25. The minimum atomic E-state index is -3.55. The van der Waals surface area contributed by atoms with Crippen LogP contribution in [0.25, 0.3) is 11.0 Å². The number of nitrogens with zero attached hydrogens (tertiary/aromatic N) is 4. The van der Waals surface area contributed by atoms with Gasteiger partial charge in [-0.15, -0.1) is 0 Å². The van der Waals surface area contributed by atoms with Crippen LogP contribution in [0.1, 0.15) is 44.6 Å². The van der Waals surface area contributed by atoms with E-state index in [0.717, 1.165) is 24.4 Å². The Hall–Kier alpha value is -2.26. The average molecular weight is 485 g/mol. The van der Waals surface area contributed by atoms with Crippen LogP contribution in [0.5, 0.6) is 0 Å². The first-order chi connectivity index (χ1) is 16.1. The maximum atomic E-state index is 13.1. The molecule has 1 fully saturated rings. The molecule has 0 aliphatic carbocycles. The van der Waals surface area contributed by atoms with E-state index >= 15 is 0 Å². The van der Waals surface area contributed by atoms with Crippen LogP contribution >= 0.6 is 0 Å². The lowest BCUT2D eigenvalue weighted by molar-refractivity contribution is 0.0730. The van der Waals surface area contributed by atoms with Gasteiger partial charge in [0.25, 0.3) is 0 Å². The smallest absolute Gasteiger partial charge is 0.243 e. The molecule has 7 nitrogen and oxygen atoms in total. The fourth-order valence-electron chi connectivity index (χ4n) is 4.45. The molecule has 1 saturated heterocycles. The zero-order valence-corrected chi connectivity index (χ0v) is 21.7. The predicted octanol–water partition coefficient (Wildman–Crippen LogP) is 4.01. The Labute approximate surface area is 203 Å². The summed E-state index contributed by atoms with van der Waals surface area (Å²) in [5, 5.41) is 0. The van der Waals surface area contributed by atoms with Gasteiger partial charge in [-0.05, 0) is 48.7 Å². The predicted molar refractivity (Wildman–Crippen MR) is 135 cm³/mol. The summed E-state index contributed by atoms with van der Waals surface area (Å²) >= 11 is 0. The molecule has 0 radical (unpaired) electrons. The Morgan fingerprint density at radius 1 is 1.03 bits per heavy atom. The molecule has 0 spiro atoms. The Kier molecular flexibility index (Phi) is 7.14. The highest BCUT2D eigenvalue weighted by molar-refractivity contribution is 7.89. The van der Waals surface area contributed by atoms with E-state index in [1.54, 1.807) is 12.1 Å². The van der Waals surface area contributed by atoms with E-state index in [1.165, 1.54) is 15.4 Å². The van der Waals surface area contributed by atoms with Crippen molar-refractivity contribution >= 4 is 21.1 Å². The van der Waals surface area contributed by atoms with Crippen LogP contribution in [0.2, 0.25) is 0 Å². The Morgan fingerprint density at radius 2 is 1.71 bits per heavy atom. The standard InChI is InChI=1S/C26H36N4O3S/c1-6-30-24-12-11-22(34(31,32)29-13-15-33-16-14-29)17-23(24)27-25(30)19-28(5)18-20-7-9-21(10-8-20)26(2,3)4/h7-12,17H,6,13-16,18-19H2,1-5H3. The van der Waals surface area contributed by atoms with Gasteiger partial charge < -0.3 is 9.30 Å². The summed E-state index contributed by atoms with van der Waals surface area (Å²) in [6.07, 6.45) is 0. The molecular formula is C26H36N4O3S. The van der Waals surface area contributed by atoms with Gasteiger partial charge in [0.1, 0.15) is 5.82 Å². The van der Waals surface area contributed by atoms with Crippen LogP contribution in [0, 0.1) is 0 Å². The summed E-state index contributed by atoms with van der Waals surface area (Å²) in [4.78, 5) is 7.38. The second kappa shape index (κ2) is 9.77. The number of aryl methyl sites for hydroxylation is 1.